The molecule has 1 aliphatic rings. The maximum Gasteiger partial charge on any atom is 0.322 e. The summed E-state index contributed by atoms with van der Waals surface area (Å²) in [6.07, 6.45) is 4.26. The van der Waals surface area contributed by atoms with Gasteiger partial charge in [-0.2, -0.15) is 0 Å². The van der Waals surface area contributed by atoms with Gasteiger partial charge in [0.25, 0.3) is 0 Å². The number of aliphatic hydroxyl groups is 1. The normalized spacial score (nSPS) is 20.9. The van der Waals surface area contributed by atoms with Gasteiger partial charge in [-0.25, -0.2) is 4.79 Å². The summed E-state index contributed by atoms with van der Waals surface area (Å²) >= 11 is 0. The quantitative estimate of drug-likeness (QED) is 0.913. The van der Waals surface area contributed by atoms with E-state index in [1.807, 2.05) is 32.0 Å². The van der Waals surface area contributed by atoms with E-state index in [0.29, 0.717) is 6.54 Å². The fourth-order valence-electron chi connectivity index (χ4n) is 3.52. The van der Waals surface area contributed by atoms with Crippen LogP contribution in [0.4, 0.5) is 10.5 Å². The number of nitrogens with one attached hydrogen (secondary N) is 1. The van der Waals surface area contributed by atoms with E-state index in [1.165, 1.54) is 0 Å². The number of aromatic nitrogens is 1. The maximum absolute atomic E-state index is 12.8. The molecule has 0 radical (unpaired) electrons. The molecule has 3 rings (SSSR count). The van der Waals surface area contributed by atoms with Crippen LogP contribution in [0.3, 0.4) is 0 Å². The lowest BCUT2D eigenvalue weighted by molar-refractivity contribution is 0.0867. The number of hydrogen-bond donors (Lipinski definition) is 2. The van der Waals surface area contributed by atoms with E-state index in [1.54, 1.807) is 11.1 Å². The Morgan fingerprint density at radius 3 is 3.04 bits per heavy atom. The van der Waals surface area contributed by atoms with Crippen molar-refractivity contribution < 1.29 is 9.90 Å². The predicted octanol–water partition coefficient (Wildman–Crippen LogP) is 3.31. The first-order chi connectivity index (χ1) is 11.1. The third kappa shape index (κ3) is 2.77. The number of anilines is 1. The Labute approximate surface area is 136 Å². The molecule has 23 heavy (non-hydrogen) atoms. The van der Waals surface area contributed by atoms with Crippen LogP contribution >= 0.6 is 0 Å². The van der Waals surface area contributed by atoms with E-state index in [4.69, 9.17) is 0 Å². The summed E-state index contributed by atoms with van der Waals surface area (Å²) in [5, 5.41) is 13.8. The first-order valence-electron chi connectivity index (χ1n) is 8.14. The third-order valence-corrected chi connectivity index (χ3v) is 4.88. The van der Waals surface area contributed by atoms with Crippen LogP contribution in [-0.4, -0.2) is 39.7 Å². The summed E-state index contributed by atoms with van der Waals surface area (Å²) in [6.45, 7) is 4.70. The molecule has 5 heteroatoms. The second kappa shape index (κ2) is 6.16. The van der Waals surface area contributed by atoms with E-state index in [-0.39, 0.29) is 12.6 Å². The number of fused-ring (bicyclic) bond motifs is 1. The Morgan fingerprint density at radius 1 is 1.48 bits per heavy atom. The van der Waals surface area contributed by atoms with Gasteiger partial charge in [0.15, 0.2) is 0 Å². The molecule has 1 aromatic heterocycles. The minimum absolute atomic E-state index is 0.00371. The number of nitrogens with zero attached hydrogens (tertiary/aromatic N) is 2. The van der Waals surface area contributed by atoms with E-state index < -0.39 is 5.54 Å². The summed E-state index contributed by atoms with van der Waals surface area (Å²) in [6, 6.07) is 7.72. The van der Waals surface area contributed by atoms with Crippen molar-refractivity contribution in [2.75, 3.05) is 18.5 Å². The second-order valence-electron chi connectivity index (χ2n) is 6.31. The van der Waals surface area contributed by atoms with Gasteiger partial charge in [0.1, 0.15) is 0 Å². The van der Waals surface area contributed by atoms with Gasteiger partial charge in [0.05, 0.1) is 23.3 Å². The number of likely N-dealkylation sites (tertiary alicyclic amines) is 1. The molecule has 2 aromatic rings. The Bertz CT molecular complexity index is 725. The van der Waals surface area contributed by atoms with Crippen molar-refractivity contribution in [2.45, 2.75) is 38.6 Å². The van der Waals surface area contributed by atoms with Crippen LogP contribution in [0.25, 0.3) is 10.9 Å². The smallest absolute Gasteiger partial charge is 0.322 e. The van der Waals surface area contributed by atoms with E-state index in [0.717, 1.165) is 41.4 Å². The monoisotopic (exact) mass is 313 g/mol. The summed E-state index contributed by atoms with van der Waals surface area (Å²) in [4.78, 5) is 19.0. The molecular weight excluding hydrogens is 290 g/mol. The lowest BCUT2D eigenvalue weighted by atomic mass is 9.94. The van der Waals surface area contributed by atoms with Crippen LogP contribution < -0.4 is 5.32 Å². The van der Waals surface area contributed by atoms with Crippen molar-refractivity contribution in [3.63, 3.8) is 0 Å². The second-order valence-corrected chi connectivity index (χ2v) is 6.31. The molecule has 1 aliphatic heterocycles. The molecule has 0 unspecified atom stereocenters. The van der Waals surface area contributed by atoms with Gasteiger partial charge in [-0.1, -0.05) is 13.0 Å². The summed E-state index contributed by atoms with van der Waals surface area (Å²) in [7, 11) is 0. The minimum atomic E-state index is -0.433. The fraction of sp³-hybridized carbons (Fsp3) is 0.444. The number of rotatable bonds is 3. The van der Waals surface area contributed by atoms with Crippen LogP contribution in [0.15, 0.2) is 30.5 Å². The number of carbonyl (C=O) groups is 1. The van der Waals surface area contributed by atoms with E-state index >= 15 is 0 Å². The minimum Gasteiger partial charge on any atom is -0.394 e. The predicted molar refractivity (Wildman–Crippen MR) is 91.5 cm³/mol. The number of urea groups is 1. The van der Waals surface area contributed by atoms with Gasteiger partial charge in [0, 0.05) is 18.1 Å². The van der Waals surface area contributed by atoms with Gasteiger partial charge in [-0.3, -0.25) is 4.98 Å². The number of aliphatic hydroxyl groups excluding tert-OH is 1. The van der Waals surface area contributed by atoms with Crippen molar-refractivity contribution >= 4 is 22.6 Å². The lowest BCUT2D eigenvalue weighted by Gasteiger charge is -2.36. The molecule has 0 saturated carbocycles. The highest BCUT2D eigenvalue weighted by Crippen LogP contribution is 2.33. The lowest BCUT2D eigenvalue weighted by Crippen LogP contribution is -2.51. The Hall–Kier alpha value is -2.14. The van der Waals surface area contributed by atoms with Gasteiger partial charge < -0.3 is 15.3 Å². The van der Waals surface area contributed by atoms with Crippen molar-refractivity contribution in [3.05, 3.63) is 36.0 Å². The Balaban J connectivity index is 1.92. The summed E-state index contributed by atoms with van der Waals surface area (Å²) in [5.74, 6) is 0. The van der Waals surface area contributed by atoms with Gasteiger partial charge in [-0.15, -0.1) is 0 Å². The highest BCUT2D eigenvalue weighted by atomic mass is 16.3. The molecule has 2 heterocycles. The zero-order valence-electron chi connectivity index (χ0n) is 13.7. The highest BCUT2D eigenvalue weighted by molar-refractivity contribution is 6.00. The zero-order valence-corrected chi connectivity index (χ0v) is 13.7. The van der Waals surface area contributed by atoms with Crippen molar-refractivity contribution in [2.24, 2.45) is 0 Å². The van der Waals surface area contributed by atoms with Gasteiger partial charge >= 0.3 is 6.03 Å². The number of pyridine rings is 1. The molecule has 122 valence electrons. The van der Waals surface area contributed by atoms with Crippen molar-refractivity contribution in [1.82, 2.24) is 9.88 Å². The van der Waals surface area contributed by atoms with E-state index in [2.05, 4.69) is 16.4 Å². The van der Waals surface area contributed by atoms with Crippen LogP contribution in [0.1, 0.15) is 31.7 Å². The van der Waals surface area contributed by atoms with Crippen molar-refractivity contribution in [3.8, 4) is 0 Å². The van der Waals surface area contributed by atoms with Gasteiger partial charge in [-0.05, 0) is 49.9 Å². The topological polar surface area (TPSA) is 65.5 Å². The molecule has 1 atom stereocenters. The van der Waals surface area contributed by atoms with Crippen LogP contribution in [0.5, 0.6) is 0 Å². The SMILES string of the molecule is CC[C@]1(CO)CCCN1C(=O)Nc1cc(C)cc2cccnc12. The molecule has 1 fully saturated rings. The number of amides is 2. The standard InChI is InChI=1S/C18H23N3O2/c1-3-18(12-22)7-5-9-21(18)17(23)20-15-11-13(2)10-14-6-4-8-19-16(14)15/h4,6,8,10-11,22H,3,5,7,9,12H2,1-2H3,(H,20,23)/t18-/m1/s1. The molecule has 0 spiro atoms. The van der Waals surface area contributed by atoms with Crippen molar-refractivity contribution in [1.29, 1.82) is 0 Å². The molecule has 0 aliphatic carbocycles. The zero-order chi connectivity index (χ0) is 16.4. The summed E-state index contributed by atoms with van der Waals surface area (Å²) < 4.78 is 0. The average Bonchev–Trinajstić information content (AvgIpc) is 2.99. The maximum atomic E-state index is 12.8. The first kappa shape index (κ1) is 15.7. The molecule has 1 aromatic carbocycles. The van der Waals surface area contributed by atoms with E-state index in [9.17, 15) is 9.90 Å². The van der Waals surface area contributed by atoms with Crippen LogP contribution in [0.2, 0.25) is 0 Å². The van der Waals surface area contributed by atoms with Gasteiger partial charge in [0.2, 0.25) is 0 Å². The fourth-order valence-corrected chi connectivity index (χ4v) is 3.52. The molecular formula is C18H23N3O2. The molecule has 0 bridgehead atoms. The summed E-state index contributed by atoms with van der Waals surface area (Å²) in [5.41, 5.74) is 2.15. The van der Waals surface area contributed by atoms with Crippen LogP contribution in [-0.2, 0) is 0 Å². The number of aryl methyl sites for hydroxylation is 1. The first-order valence-corrected chi connectivity index (χ1v) is 8.14. The van der Waals surface area contributed by atoms with Crippen LogP contribution in [0, 0.1) is 6.92 Å². The third-order valence-electron chi connectivity index (χ3n) is 4.88. The highest BCUT2D eigenvalue weighted by Gasteiger charge is 2.41. The average molecular weight is 313 g/mol. The Morgan fingerprint density at radius 2 is 2.30 bits per heavy atom. The molecule has 2 amide bonds. The number of benzene rings is 1. The number of hydrogen-bond acceptors (Lipinski definition) is 3. The number of carbonyl (C=O) groups excluding carboxylic acids is 1. The molecule has 1 saturated heterocycles. The largest absolute Gasteiger partial charge is 0.394 e. The molecule has 5 nitrogen and oxygen atoms in total. The Kier molecular flexibility index (Phi) is 4.22. The molecule has 2 N–H and O–H groups in total.